The molecule has 1 aromatic heterocycles. The van der Waals surface area contributed by atoms with Gasteiger partial charge in [-0.3, -0.25) is 9.10 Å². The van der Waals surface area contributed by atoms with Gasteiger partial charge in [0, 0.05) is 22.0 Å². The molecule has 0 aliphatic carbocycles. The maximum Gasteiger partial charge on any atom is 0.260 e. The quantitative estimate of drug-likeness (QED) is 0.326. The number of anilines is 1. The summed E-state index contributed by atoms with van der Waals surface area (Å²) in [6.45, 7) is 5.09. The van der Waals surface area contributed by atoms with Crippen molar-refractivity contribution in [2.75, 3.05) is 17.1 Å². The molecule has 1 amide bonds. The van der Waals surface area contributed by atoms with Crippen molar-refractivity contribution in [2.45, 2.75) is 20.8 Å². The number of nitrogens with zero attached hydrogens (tertiary/aromatic N) is 3. The van der Waals surface area contributed by atoms with E-state index in [1.54, 1.807) is 31.2 Å². The van der Waals surface area contributed by atoms with E-state index in [2.05, 4.69) is 10.5 Å². The monoisotopic (exact) mass is 540 g/mol. The van der Waals surface area contributed by atoms with Crippen LogP contribution in [0.4, 0.5) is 5.69 Å². The molecule has 0 unspecified atom stereocenters. The molecule has 1 N–H and O–H groups in total. The lowest BCUT2D eigenvalue weighted by atomic mass is 10.2. The van der Waals surface area contributed by atoms with E-state index in [0.717, 1.165) is 33.2 Å². The molecule has 1 heterocycles. The number of aryl methyl sites for hydroxylation is 2. The smallest absolute Gasteiger partial charge is 0.260 e. The molecule has 3 aromatic rings. The van der Waals surface area contributed by atoms with Gasteiger partial charge in [-0.05, 0) is 62.7 Å². The number of rotatable bonds is 7. The molecule has 0 saturated carbocycles. The zero-order valence-corrected chi connectivity index (χ0v) is 22.0. The maximum atomic E-state index is 12.5. The molecule has 0 radical (unpaired) electrons. The summed E-state index contributed by atoms with van der Waals surface area (Å²) in [6.07, 6.45) is 2.53. The molecular weight excluding hydrogens is 519 g/mol. The fraction of sp³-hybridized carbons (Fsp3) is 0.217. The van der Waals surface area contributed by atoms with Crippen LogP contribution in [0.3, 0.4) is 0 Å². The van der Waals surface area contributed by atoms with Crippen LogP contribution in [0.25, 0.3) is 5.69 Å². The molecule has 180 valence electrons. The summed E-state index contributed by atoms with van der Waals surface area (Å²) in [5, 5.41) is 5.37. The summed E-state index contributed by atoms with van der Waals surface area (Å²) in [5.74, 6) is -0.595. The third kappa shape index (κ3) is 5.75. The first kappa shape index (κ1) is 26.1. The highest BCUT2D eigenvalue weighted by molar-refractivity contribution is 7.92. The van der Waals surface area contributed by atoms with Crippen LogP contribution in [0.5, 0.6) is 0 Å². The van der Waals surface area contributed by atoms with Gasteiger partial charge in [0.05, 0.1) is 33.9 Å². The molecule has 0 bridgehead atoms. The highest BCUT2D eigenvalue weighted by Gasteiger charge is 2.22. The number of hydrazone groups is 1. The summed E-state index contributed by atoms with van der Waals surface area (Å²) in [7, 11) is -3.72. The molecule has 7 nitrogen and oxygen atoms in total. The number of aromatic nitrogens is 1. The van der Waals surface area contributed by atoms with Crippen LogP contribution in [-0.2, 0) is 14.8 Å². The van der Waals surface area contributed by atoms with E-state index >= 15 is 0 Å². The predicted octanol–water partition coefficient (Wildman–Crippen LogP) is 5.28. The van der Waals surface area contributed by atoms with Gasteiger partial charge in [-0.25, -0.2) is 13.8 Å². The number of hydrogen-bond donors (Lipinski definition) is 1. The summed E-state index contributed by atoms with van der Waals surface area (Å²) in [4.78, 5) is 12.5. The van der Waals surface area contributed by atoms with E-state index in [-0.39, 0.29) is 0 Å². The standard InChI is InChI=1S/C23H23Cl3N4O3S/c1-14-10-18(24)8-9-20(14)29(34(4,32)33)13-22(31)28-27-12-17-11-15(2)30(16(17)3)21-7-5-6-19(25)23(21)26/h5-12H,13H2,1-4H3,(H,28,31)/b27-12-. The minimum absolute atomic E-state index is 0.368. The normalized spacial score (nSPS) is 11.7. The van der Waals surface area contributed by atoms with Crippen LogP contribution in [0, 0.1) is 20.8 Å². The molecule has 2 aromatic carbocycles. The summed E-state index contributed by atoms with van der Waals surface area (Å²) in [6, 6.07) is 12.0. The molecule has 0 saturated heterocycles. The Morgan fingerprint density at radius 2 is 1.82 bits per heavy atom. The Kier molecular flexibility index (Phi) is 7.98. The van der Waals surface area contributed by atoms with Gasteiger partial charge in [0.25, 0.3) is 5.91 Å². The fourth-order valence-corrected chi connectivity index (χ4v) is 5.09. The summed E-state index contributed by atoms with van der Waals surface area (Å²) in [5.41, 5.74) is 6.61. The van der Waals surface area contributed by atoms with Crippen molar-refractivity contribution in [1.82, 2.24) is 9.99 Å². The first-order chi connectivity index (χ1) is 15.9. The van der Waals surface area contributed by atoms with Crippen LogP contribution in [0.2, 0.25) is 15.1 Å². The molecule has 34 heavy (non-hydrogen) atoms. The Bertz CT molecular complexity index is 1380. The van der Waals surface area contributed by atoms with Gasteiger partial charge in [0.2, 0.25) is 10.0 Å². The Morgan fingerprint density at radius 3 is 2.47 bits per heavy atom. The second kappa shape index (κ2) is 10.4. The van der Waals surface area contributed by atoms with Crippen LogP contribution >= 0.6 is 34.8 Å². The molecule has 0 spiro atoms. The lowest BCUT2D eigenvalue weighted by Crippen LogP contribution is -2.39. The van der Waals surface area contributed by atoms with E-state index in [1.807, 2.05) is 36.6 Å². The summed E-state index contributed by atoms with van der Waals surface area (Å²) >= 11 is 18.5. The number of nitrogens with one attached hydrogen (secondary N) is 1. The fourth-order valence-electron chi connectivity index (χ4n) is 3.57. The molecule has 0 fully saturated rings. The van der Waals surface area contributed by atoms with Gasteiger partial charge in [0.15, 0.2) is 0 Å². The first-order valence-electron chi connectivity index (χ1n) is 10.1. The van der Waals surface area contributed by atoms with Crippen LogP contribution in [0.1, 0.15) is 22.5 Å². The SMILES string of the molecule is Cc1cc(Cl)ccc1N(CC(=O)N/N=C\c1cc(C)n(-c2cccc(Cl)c2Cl)c1C)S(C)(=O)=O. The predicted molar refractivity (Wildman–Crippen MR) is 139 cm³/mol. The Balaban J connectivity index is 1.79. The number of sulfonamides is 1. The summed E-state index contributed by atoms with van der Waals surface area (Å²) < 4.78 is 27.6. The second-order valence-electron chi connectivity index (χ2n) is 7.73. The van der Waals surface area contributed by atoms with Crippen molar-refractivity contribution in [3.05, 3.63) is 80.0 Å². The Labute approximate surface area is 214 Å². The largest absolute Gasteiger partial charge is 0.316 e. The van der Waals surface area contributed by atoms with Crippen LogP contribution in [0.15, 0.2) is 47.6 Å². The van der Waals surface area contributed by atoms with Crippen molar-refractivity contribution in [3.8, 4) is 5.69 Å². The number of benzene rings is 2. The average Bonchev–Trinajstić information content (AvgIpc) is 3.01. The van der Waals surface area contributed by atoms with E-state index in [1.165, 1.54) is 6.21 Å². The first-order valence-corrected chi connectivity index (χ1v) is 13.1. The average molecular weight is 542 g/mol. The second-order valence-corrected chi connectivity index (χ2v) is 10.9. The van der Waals surface area contributed by atoms with Crippen molar-refractivity contribution in [3.63, 3.8) is 0 Å². The Hall–Kier alpha value is -2.52. The minimum Gasteiger partial charge on any atom is -0.316 e. The number of amides is 1. The van der Waals surface area contributed by atoms with E-state index in [0.29, 0.717) is 26.3 Å². The lowest BCUT2D eigenvalue weighted by Gasteiger charge is -2.23. The molecule has 0 atom stereocenters. The number of carbonyl (C=O) groups is 1. The topological polar surface area (TPSA) is 83.8 Å². The van der Waals surface area contributed by atoms with Gasteiger partial charge < -0.3 is 4.57 Å². The van der Waals surface area contributed by atoms with Crippen LogP contribution in [-0.4, -0.2) is 37.9 Å². The van der Waals surface area contributed by atoms with Crippen molar-refractivity contribution in [1.29, 1.82) is 0 Å². The lowest BCUT2D eigenvalue weighted by molar-refractivity contribution is -0.119. The van der Waals surface area contributed by atoms with Gasteiger partial charge in [0.1, 0.15) is 6.54 Å². The number of carbonyl (C=O) groups excluding carboxylic acids is 1. The minimum atomic E-state index is -3.72. The van der Waals surface area contributed by atoms with Gasteiger partial charge in [-0.2, -0.15) is 5.10 Å². The highest BCUT2D eigenvalue weighted by atomic mass is 35.5. The highest BCUT2D eigenvalue weighted by Crippen LogP contribution is 2.31. The van der Waals surface area contributed by atoms with Gasteiger partial charge in [-0.15, -0.1) is 0 Å². The number of hydrogen-bond acceptors (Lipinski definition) is 4. The van der Waals surface area contributed by atoms with Gasteiger partial charge in [-0.1, -0.05) is 40.9 Å². The Morgan fingerprint density at radius 1 is 1.12 bits per heavy atom. The molecule has 0 aliphatic rings. The molecule has 0 aliphatic heterocycles. The maximum absolute atomic E-state index is 12.5. The third-order valence-electron chi connectivity index (χ3n) is 5.15. The third-order valence-corrected chi connectivity index (χ3v) is 7.32. The molecule has 11 heteroatoms. The zero-order chi connectivity index (χ0) is 25.2. The van der Waals surface area contributed by atoms with Crippen molar-refractivity contribution < 1.29 is 13.2 Å². The van der Waals surface area contributed by atoms with Gasteiger partial charge >= 0.3 is 0 Å². The van der Waals surface area contributed by atoms with Crippen molar-refractivity contribution in [2.24, 2.45) is 5.10 Å². The van der Waals surface area contributed by atoms with Crippen LogP contribution < -0.4 is 9.73 Å². The molecule has 3 rings (SSSR count). The number of halogens is 3. The van der Waals surface area contributed by atoms with E-state index in [9.17, 15) is 13.2 Å². The molecular formula is C23H23Cl3N4O3S. The zero-order valence-electron chi connectivity index (χ0n) is 18.9. The van der Waals surface area contributed by atoms with Crippen molar-refractivity contribution >= 4 is 62.6 Å². The van der Waals surface area contributed by atoms with E-state index < -0.39 is 22.5 Å². The van der Waals surface area contributed by atoms with E-state index in [4.69, 9.17) is 34.8 Å².